The fourth-order valence-corrected chi connectivity index (χ4v) is 3.09. The monoisotopic (exact) mass is 349 g/mol. The van der Waals surface area contributed by atoms with Crippen LogP contribution in [0.15, 0.2) is 16.6 Å². The second kappa shape index (κ2) is 9.92. The Balaban J connectivity index is 1.71. The van der Waals surface area contributed by atoms with Gasteiger partial charge in [-0.15, -0.1) is 11.3 Å². The smallest absolute Gasteiger partial charge is 0.212 e. The number of aromatic nitrogens is 3. The topological polar surface area (TPSA) is 118 Å². The van der Waals surface area contributed by atoms with Crippen LogP contribution < -0.4 is 16.8 Å². The van der Waals surface area contributed by atoms with Crippen molar-refractivity contribution in [3.63, 3.8) is 0 Å². The molecule has 24 heavy (non-hydrogen) atoms. The fourth-order valence-electron chi connectivity index (χ4n) is 2.38. The summed E-state index contributed by atoms with van der Waals surface area (Å²) in [4.78, 5) is 15.8. The summed E-state index contributed by atoms with van der Waals surface area (Å²) in [6, 6.07) is 0. The molecule has 0 saturated carbocycles. The average molecular weight is 350 g/mol. The van der Waals surface area contributed by atoms with Crippen molar-refractivity contribution in [1.29, 1.82) is 0 Å². The van der Waals surface area contributed by atoms with Crippen LogP contribution in [0, 0.1) is 0 Å². The summed E-state index contributed by atoms with van der Waals surface area (Å²) in [5.74, 6) is 0.782. The molecular formula is C16H27N7S. The van der Waals surface area contributed by atoms with Crippen LogP contribution in [0.1, 0.15) is 51.9 Å². The van der Waals surface area contributed by atoms with Gasteiger partial charge in [0.05, 0.1) is 11.9 Å². The van der Waals surface area contributed by atoms with Crippen LogP contribution in [0.3, 0.4) is 0 Å². The van der Waals surface area contributed by atoms with E-state index in [1.807, 2.05) is 5.38 Å². The maximum absolute atomic E-state index is 5.35. The summed E-state index contributed by atoms with van der Waals surface area (Å²) in [6.45, 7) is 3.17. The van der Waals surface area contributed by atoms with Gasteiger partial charge in [0.25, 0.3) is 0 Å². The Kier molecular flexibility index (Phi) is 7.54. The van der Waals surface area contributed by atoms with Crippen molar-refractivity contribution in [3.05, 3.63) is 11.6 Å². The van der Waals surface area contributed by atoms with E-state index in [1.54, 1.807) is 6.20 Å². The predicted octanol–water partition coefficient (Wildman–Crippen LogP) is 3.60. The number of nitrogens with zero attached hydrogens (tertiary/aromatic N) is 3. The first-order chi connectivity index (χ1) is 11.7. The summed E-state index contributed by atoms with van der Waals surface area (Å²) in [5, 5.41) is 5.75. The molecule has 0 amide bonds. The number of guanidine groups is 1. The lowest BCUT2D eigenvalue weighted by molar-refractivity contribution is 0.596. The summed E-state index contributed by atoms with van der Waals surface area (Å²) in [6.07, 6.45) is 10.9. The molecule has 0 bridgehead atoms. The first kappa shape index (κ1) is 18.3. The van der Waals surface area contributed by atoms with E-state index in [2.05, 4.69) is 32.2 Å². The maximum atomic E-state index is 5.35. The molecule has 0 saturated heterocycles. The minimum atomic E-state index is 0.0116. The van der Waals surface area contributed by atoms with Gasteiger partial charge in [-0.25, -0.2) is 9.97 Å². The number of nitrogens with one attached hydrogen (secondary N) is 2. The lowest BCUT2D eigenvalue weighted by Crippen LogP contribution is -2.21. The Morgan fingerprint density at radius 1 is 1.21 bits per heavy atom. The molecule has 2 aromatic heterocycles. The first-order valence-electron chi connectivity index (χ1n) is 8.53. The summed E-state index contributed by atoms with van der Waals surface area (Å²) < 4.78 is 0. The Labute approximate surface area is 147 Å². The van der Waals surface area contributed by atoms with Gasteiger partial charge in [0.15, 0.2) is 5.96 Å². The van der Waals surface area contributed by atoms with Crippen molar-refractivity contribution >= 4 is 28.4 Å². The number of hydrogen-bond acceptors (Lipinski definition) is 5. The number of rotatable bonds is 11. The zero-order valence-corrected chi connectivity index (χ0v) is 15.0. The van der Waals surface area contributed by atoms with Gasteiger partial charge < -0.3 is 21.8 Å². The fraction of sp³-hybridized carbons (Fsp3) is 0.562. The molecule has 0 aliphatic carbocycles. The molecule has 8 heteroatoms. The van der Waals surface area contributed by atoms with Crippen molar-refractivity contribution in [2.45, 2.75) is 51.9 Å². The number of imidazole rings is 1. The van der Waals surface area contributed by atoms with Crippen molar-refractivity contribution in [2.24, 2.45) is 16.5 Å². The van der Waals surface area contributed by atoms with Crippen molar-refractivity contribution in [3.8, 4) is 11.4 Å². The molecule has 0 aliphatic rings. The number of aliphatic imine (C=N–C) groups is 1. The highest BCUT2D eigenvalue weighted by Crippen LogP contribution is 2.26. The van der Waals surface area contributed by atoms with Gasteiger partial charge in [-0.2, -0.15) is 4.99 Å². The van der Waals surface area contributed by atoms with E-state index in [0.29, 0.717) is 5.13 Å². The molecule has 6 N–H and O–H groups in total. The van der Waals surface area contributed by atoms with E-state index in [4.69, 9.17) is 11.5 Å². The average Bonchev–Trinajstić information content (AvgIpc) is 3.18. The number of anilines is 1. The molecule has 132 valence electrons. The zero-order valence-electron chi connectivity index (χ0n) is 14.2. The SMILES string of the molecule is CCCCCCCCCNc1ncc(-c2csc(N=C(N)N)n2)[nH]1. The third-order valence-electron chi connectivity index (χ3n) is 3.64. The van der Waals surface area contributed by atoms with E-state index in [1.165, 1.54) is 49.9 Å². The maximum Gasteiger partial charge on any atom is 0.212 e. The number of hydrogen-bond donors (Lipinski definition) is 4. The Morgan fingerprint density at radius 2 is 1.96 bits per heavy atom. The molecule has 7 nitrogen and oxygen atoms in total. The van der Waals surface area contributed by atoms with Gasteiger partial charge in [0.1, 0.15) is 5.69 Å². The van der Waals surface area contributed by atoms with Crippen LogP contribution in [-0.4, -0.2) is 27.5 Å². The largest absolute Gasteiger partial charge is 0.370 e. The van der Waals surface area contributed by atoms with Crippen molar-refractivity contribution < 1.29 is 0 Å². The van der Waals surface area contributed by atoms with E-state index >= 15 is 0 Å². The predicted molar refractivity (Wildman–Crippen MR) is 102 cm³/mol. The quantitative estimate of drug-likeness (QED) is 0.281. The molecule has 0 radical (unpaired) electrons. The Bertz CT molecular complexity index is 628. The summed E-state index contributed by atoms with van der Waals surface area (Å²) in [7, 11) is 0. The van der Waals surface area contributed by atoms with Crippen molar-refractivity contribution in [2.75, 3.05) is 11.9 Å². The van der Waals surface area contributed by atoms with E-state index in [9.17, 15) is 0 Å². The summed E-state index contributed by atoms with van der Waals surface area (Å²) >= 11 is 1.39. The number of H-pyrrole nitrogens is 1. The second-order valence-electron chi connectivity index (χ2n) is 5.75. The minimum Gasteiger partial charge on any atom is -0.370 e. The van der Waals surface area contributed by atoms with Crippen LogP contribution >= 0.6 is 11.3 Å². The molecule has 0 aliphatic heterocycles. The highest BCUT2D eigenvalue weighted by atomic mass is 32.1. The Morgan fingerprint density at radius 3 is 2.71 bits per heavy atom. The molecule has 0 spiro atoms. The van der Waals surface area contributed by atoms with E-state index in [-0.39, 0.29) is 5.96 Å². The molecule has 0 fully saturated rings. The lowest BCUT2D eigenvalue weighted by Gasteiger charge is -2.03. The van der Waals surface area contributed by atoms with Crippen LogP contribution in [-0.2, 0) is 0 Å². The van der Waals surface area contributed by atoms with Gasteiger partial charge in [-0.05, 0) is 6.42 Å². The molecule has 0 unspecified atom stereocenters. The third-order valence-corrected chi connectivity index (χ3v) is 4.38. The van der Waals surface area contributed by atoms with Gasteiger partial charge in [-0.3, -0.25) is 0 Å². The number of thiazole rings is 1. The zero-order chi connectivity index (χ0) is 17.2. The molecular weight excluding hydrogens is 322 g/mol. The highest BCUT2D eigenvalue weighted by Gasteiger charge is 2.07. The van der Waals surface area contributed by atoms with Crippen LogP contribution in [0.2, 0.25) is 0 Å². The standard InChI is InChI=1S/C16H27N7S/c1-2-3-4-5-6-7-8-9-19-15-20-10-12(21-15)13-11-24-16(22-13)23-14(17)18/h10-11H,2-9H2,1H3,(H2,19,20,21)(H4,17,18,22,23). The third kappa shape index (κ3) is 6.19. The van der Waals surface area contributed by atoms with Crippen molar-refractivity contribution in [1.82, 2.24) is 15.0 Å². The van der Waals surface area contributed by atoms with Gasteiger partial charge in [-0.1, -0.05) is 45.4 Å². The van der Waals surface area contributed by atoms with Crippen LogP contribution in [0.5, 0.6) is 0 Å². The second-order valence-corrected chi connectivity index (χ2v) is 6.58. The van der Waals surface area contributed by atoms with E-state index in [0.717, 1.165) is 30.3 Å². The van der Waals surface area contributed by atoms with Gasteiger partial charge in [0.2, 0.25) is 11.1 Å². The first-order valence-corrected chi connectivity index (χ1v) is 9.41. The summed E-state index contributed by atoms with van der Waals surface area (Å²) in [5.41, 5.74) is 12.3. The van der Waals surface area contributed by atoms with Crippen LogP contribution in [0.4, 0.5) is 11.1 Å². The molecule has 2 aromatic rings. The Hall–Kier alpha value is -2.09. The number of nitrogens with two attached hydrogens (primary N) is 2. The number of aromatic amines is 1. The lowest BCUT2D eigenvalue weighted by atomic mass is 10.1. The van der Waals surface area contributed by atoms with Gasteiger partial charge >= 0.3 is 0 Å². The van der Waals surface area contributed by atoms with Crippen LogP contribution in [0.25, 0.3) is 11.4 Å². The number of unbranched alkanes of at least 4 members (excludes halogenated alkanes) is 6. The molecule has 0 atom stereocenters. The van der Waals surface area contributed by atoms with E-state index < -0.39 is 0 Å². The minimum absolute atomic E-state index is 0.0116. The normalized spacial score (nSPS) is 10.7. The molecule has 2 heterocycles. The van der Waals surface area contributed by atoms with Gasteiger partial charge in [0, 0.05) is 11.9 Å². The molecule has 0 aromatic carbocycles. The highest BCUT2D eigenvalue weighted by molar-refractivity contribution is 7.13. The molecule has 2 rings (SSSR count).